The number of Topliss-reactive ketones (excluding diaryl/α,β-unsaturated/α-hetero) is 1. The first-order chi connectivity index (χ1) is 13.8. The van der Waals surface area contributed by atoms with Crippen LogP contribution in [0.3, 0.4) is 0 Å². The van der Waals surface area contributed by atoms with Gasteiger partial charge in [0.2, 0.25) is 0 Å². The minimum atomic E-state index is -0.601. The molecule has 0 aliphatic carbocycles. The number of thiophene rings is 2. The Morgan fingerprint density at radius 3 is 2.34 bits per heavy atom. The molecule has 0 atom stereocenters. The minimum Gasteiger partial charge on any atom is -0.462 e. The Kier molecular flexibility index (Phi) is 7.88. The van der Waals surface area contributed by atoms with E-state index in [4.69, 9.17) is 9.47 Å². The zero-order valence-electron chi connectivity index (χ0n) is 16.7. The fourth-order valence-electron chi connectivity index (χ4n) is 2.64. The Bertz CT molecular complexity index is 1010. The van der Waals surface area contributed by atoms with Crippen molar-refractivity contribution in [1.82, 2.24) is 0 Å². The van der Waals surface area contributed by atoms with Crippen LogP contribution in [0.25, 0.3) is 6.08 Å². The first-order valence-electron chi connectivity index (χ1n) is 8.99. The maximum absolute atomic E-state index is 12.8. The first kappa shape index (κ1) is 22.5. The maximum Gasteiger partial charge on any atom is 0.348 e. The molecule has 6 nitrogen and oxygen atoms in total. The largest absolute Gasteiger partial charge is 0.462 e. The molecule has 0 radical (unpaired) electrons. The number of esters is 2. The van der Waals surface area contributed by atoms with Gasteiger partial charge in [-0.2, -0.15) is 5.26 Å². The third kappa shape index (κ3) is 5.19. The Morgan fingerprint density at radius 2 is 1.79 bits per heavy atom. The van der Waals surface area contributed by atoms with E-state index in [1.807, 2.05) is 24.4 Å². The average Bonchev–Trinajstić information content (AvgIpc) is 3.22. The SMILES string of the molecule is CCOC(=O)c1sc(CC(=O)/C(C#N)=C/c2sccc2C)c(C(=O)OCC)c1C. The van der Waals surface area contributed by atoms with Gasteiger partial charge in [0.25, 0.3) is 0 Å². The van der Waals surface area contributed by atoms with Gasteiger partial charge in [-0.05, 0) is 56.3 Å². The van der Waals surface area contributed by atoms with E-state index >= 15 is 0 Å². The van der Waals surface area contributed by atoms with Gasteiger partial charge < -0.3 is 9.47 Å². The van der Waals surface area contributed by atoms with Crippen molar-refractivity contribution in [2.24, 2.45) is 0 Å². The highest BCUT2D eigenvalue weighted by atomic mass is 32.1. The van der Waals surface area contributed by atoms with Crippen molar-refractivity contribution in [2.45, 2.75) is 34.1 Å². The molecule has 2 heterocycles. The molecule has 2 aromatic heterocycles. The second-order valence-electron chi connectivity index (χ2n) is 6.03. The van der Waals surface area contributed by atoms with Gasteiger partial charge in [-0.3, -0.25) is 4.79 Å². The second kappa shape index (κ2) is 10.1. The summed E-state index contributed by atoms with van der Waals surface area (Å²) < 4.78 is 10.1. The lowest BCUT2D eigenvalue weighted by Crippen LogP contribution is -2.12. The quantitative estimate of drug-likeness (QED) is 0.347. The van der Waals surface area contributed by atoms with Crippen molar-refractivity contribution in [2.75, 3.05) is 13.2 Å². The number of aryl methyl sites for hydroxylation is 1. The molecule has 0 spiro atoms. The maximum atomic E-state index is 12.8. The Morgan fingerprint density at radius 1 is 1.14 bits per heavy atom. The summed E-state index contributed by atoms with van der Waals surface area (Å²) >= 11 is 2.46. The predicted molar refractivity (Wildman–Crippen MR) is 112 cm³/mol. The molecule has 0 bridgehead atoms. The average molecular weight is 432 g/mol. The lowest BCUT2D eigenvalue weighted by molar-refractivity contribution is -0.114. The molecule has 0 aliphatic heterocycles. The molecule has 8 heteroatoms. The van der Waals surface area contributed by atoms with Crippen LogP contribution in [0.1, 0.15) is 54.8 Å². The highest BCUT2D eigenvalue weighted by Crippen LogP contribution is 2.31. The Balaban J connectivity index is 2.43. The number of ether oxygens (including phenoxy) is 2. The van der Waals surface area contributed by atoms with Crippen molar-refractivity contribution in [3.63, 3.8) is 0 Å². The van der Waals surface area contributed by atoms with Crippen LogP contribution in [-0.4, -0.2) is 30.9 Å². The molecular weight excluding hydrogens is 410 g/mol. The van der Waals surface area contributed by atoms with Gasteiger partial charge in [0.15, 0.2) is 5.78 Å². The summed E-state index contributed by atoms with van der Waals surface area (Å²) in [5.41, 5.74) is 1.58. The summed E-state index contributed by atoms with van der Waals surface area (Å²) in [6.45, 7) is 7.25. The van der Waals surface area contributed by atoms with Crippen LogP contribution in [0.15, 0.2) is 17.0 Å². The zero-order chi connectivity index (χ0) is 21.6. The number of nitrogens with zero attached hydrogens (tertiary/aromatic N) is 1. The van der Waals surface area contributed by atoms with Gasteiger partial charge in [-0.1, -0.05) is 0 Å². The van der Waals surface area contributed by atoms with Gasteiger partial charge in [0, 0.05) is 16.2 Å². The van der Waals surface area contributed by atoms with Crippen molar-refractivity contribution >= 4 is 46.5 Å². The summed E-state index contributed by atoms with van der Waals surface area (Å²) in [5, 5.41) is 11.3. The number of ketones is 1. The molecular formula is C21H21NO5S2. The lowest BCUT2D eigenvalue weighted by Gasteiger charge is -2.05. The summed E-state index contributed by atoms with van der Waals surface area (Å²) in [6, 6.07) is 3.85. The number of rotatable bonds is 8. The molecule has 0 aromatic carbocycles. The van der Waals surface area contributed by atoms with Crippen LogP contribution in [-0.2, 0) is 20.7 Å². The van der Waals surface area contributed by atoms with Crippen LogP contribution in [0.4, 0.5) is 0 Å². The highest BCUT2D eigenvalue weighted by Gasteiger charge is 2.28. The molecule has 29 heavy (non-hydrogen) atoms. The molecule has 0 unspecified atom stereocenters. The van der Waals surface area contributed by atoms with E-state index < -0.39 is 17.7 Å². The van der Waals surface area contributed by atoms with E-state index in [0.29, 0.717) is 10.4 Å². The summed E-state index contributed by atoms with van der Waals surface area (Å²) in [5.74, 6) is -1.58. The fraction of sp³-hybridized carbons (Fsp3) is 0.333. The summed E-state index contributed by atoms with van der Waals surface area (Å²) in [6.07, 6.45) is 1.38. The molecule has 2 aromatic rings. The van der Waals surface area contributed by atoms with Gasteiger partial charge in [0.05, 0.1) is 24.4 Å². The number of carbonyl (C=O) groups is 3. The molecule has 152 valence electrons. The van der Waals surface area contributed by atoms with Gasteiger partial charge in [0.1, 0.15) is 10.9 Å². The van der Waals surface area contributed by atoms with E-state index in [0.717, 1.165) is 21.8 Å². The van der Waals surface area contributed by atoms with Crippen molar-refractivity contribution < 1.29 is 23.9 Å². The number of hydrogen-bond acceptors (Lipinski definition) is 8. The number of carbonyl (C=O) groups excluding carboxylic acids is 3. The third-order valence-electron chi connectivity index (χ3n) is 4.08. The van der Waals surface area contributed by atoms with Gasteiger partial charge >= 0.3 is 11.9 Å². The molecule has 0 saturated carbocycles. The van der Waals surface area contributed by atoms with Crippen LogP contribution in [0.5, 0.6) is 0 Å². The lowest BCUT2D eigenvalue weighted by atomic mass is 10.0. The van der Waals surface area contributed by atoms with E-state index in [2.05, 4.69) is 0 Å². The van der Waals surface area contributed by atoms with Crippen molar-refractivity contribution in [3.05, 3.63) is 48.3 Å². The van der Waals surface area contributed by atoms with E-state index in [-0.39, 0.29) is 35.6 Å². The van der Waals surface area contributed by atoms with Crippen LogP contribution < -0.4 is 0 Å². The Hall–Kier alpha value is -2.76. The monoisotopic (exact) mass is 431 g/mol. The molecule has 2 rings (SSSR count). The predicted octanol–water partition coefficient (Wildman–Crippen LogP) is 4.50. The van der Waals surface area contributed by atoms with E-state index in [1.165, 1.54) is 11.3 Å². The number of hydrogen-bond donors (Lipinski definition) is 0. The van der Waals surface area contributed by atoms with Crippen LogP contribution in [0, 0.1) is 25.2 Å². The molecule has 0 N–H and O–H groups in total. The normalized spacial score (nSPS) is 11.1. The van der Waals surface area contributed by atoms with Crippen molar-refractivity contribution in [3.8, 4) is 6.07 Å². The van der Waals surface area contributed by atoms with Crippen molar-refractivity contribution in [1.29, 1.82) is 5.26 Å². The van der Waals surface area contributed by atoms with Crippen LogP contribution in [0.2, 0.25) is 0 Å². The first-order valence-corrected chi connectivity index (χ1v) is 10.7. The molecule has 0 saturated heterocycles. The molecule has 0 fully saturated rings. The molecule has 0 amide bonds. The van der Waals surface area contributed by atoms with Gasteiger partial charge in [-0.15, -0.1) is 22.7 Å². The molecule has 0 aliphatic rings. The number of nitriles is 1. The smallest absolute Gasteiger partial charge is 0.348 e. The highest BCUT2D eigenvalue weighted by molar-refractivity contribution is 7.14. The minimum absolute atomic E-state index is 0.00547. The fourth-order valence-corrected chi connectivity index (χ4v) is 4.68. The standard InChI is InChI=1S/C21H21NO5S2/c1-5-26-20(24)18-13(4)19(21(25)27-6-2)29-17(18)10-15(23)14(11-22)9-16-12(3)7-8-28-16/h7-9H,5-6,10H2,1-4H3/b14-9+. The summed E-state index contributed by atoms with van der Waals surface area (Å²) in [4.78, 5) is 38.9. The van der Waals surface area contributed by atoms with E-state index in [9.17, 15) is 19.6 Å². The second-order valence-corrected chi connectivity index (χ2v) is 8.09. The van der Waals surface area contributed by atoms with Crippen LogP contribution >= 0.6 is 22.7 Å². The topological polar surface area (TPSA) is 93.5 Å². The van der Waals surface area contributed by atoms with E-state index in [1.54, 1.807) is 26.8 Å². The van der Waals surface area contributed by atoms with Gasteiger partial charge in [-0.25, -0.2) is 9.59 Å². The Labute approximate surface area is 177 Å². The zero-order valence-corrected chi connectivity index (χ0v) is 18.3. The third-order valence-corrected chi connectivity index (χ3v) is 6.32. The number of allylic oxidation sites excluding steroid dienone is 1. The summed E-state index contributed by atoms with van der Waals surface area (Å²) in [7, 11) is 0.